The van der Waals surface area contributed by atoms with Crippen molar-refractivity contribution in [2.75, 3.05) is 32.7 Å². The lowest BCUT2D eigenvalue weighted by atomic mass is 10.1. The van der Waals surface area contributed by atoms with Crippen LogP contribution in [0.25, 0.3) is 0 Å². The van der Waals surface area contributed by atoms with Crippen LogP contribution in [0.3, 0.4) is 0 Å². The smallest absolute Gasteiger partial charge is 0.282 e. The van der Waals surface area contributed by atoms with Crippen molar-refractivity contribution in [2.45, 2.75) is 52.5 Å². The fraction of sp³-hybridized carbons (Fsp3) is 0.933. The Morgan fingerprint density at radius 1 is 1.00 bits per heavy atom. The number of carbonyl (C=O) groups is 1. The Bertz CT molecular complexity index is 492. The molecule has 0 aromatic rings. The first-order valence-electron chi connectivity index (χ1n) is 8.39. The highest BCUT2D eigenvalue weighted by Crippen LogP contribution is 2.23. The van der Waals surface area contributed by atoms with E-state index in [2.05, 4.69) is 0 Å². The third kappa shape index (κ3) is 3.81. The van der Waals surface area contributed by atoms with Gasteiger partial charge in [-0.2, -0.15) is 17.0 Å². The Balaban J connectivity index is 2.05. The summed E-state index contributed by atoms with van der Waals surface area (Å²) >= 11 is 0. The van der Waals surface area contributed by atoms with Crippen LogP contribution in [0.4, 0.5) is 0 Å². The van der Waals surface area contributed by atoms with Crippen LogP contribution in [-0.2, 0) is 15.0 Å². The van der Waals surface area contributed by atoms with E-state index in [1.807, 2.05) is 20.8 Å². The summed E-state index contributed by atoms with van der Waals surface area (Å²) in [5.74, 6) is 0.0795. The van der Waals surface area contributed by atoms with Crippen molar-refractivity contribution in [1.29, 1.82) is 0 Å². The molecule has 0 bridgehead atoms. The van der Waals surface area contributed by atoms with Gasteiger partial charge in [-0.3, -0.25) is 4.79 Å². The van der Waals surface area contributed by atoms with Gasteiger partial charge in [0.25, 0.3) is 10.2 Å². The van der Waals surface area contributed by atoms with E-state index in [0.29, 0.717) is 39.1 Å². The SMILES string of the molecule is CC(C)C(=O)N1CCCN(S(=O)(=O)N2CCCCC2C)CC1. The normalized spacial score (nSPS) is 26.2. The maximum Gasteiger partial charge on any atom is 0.282 e. The van der Waals surface area contributed by atoms with Crippen molar-refractivity contribution in [3.05, 3.63) is 0 Å². The van der Waals surface area contributed by atoms with E-state index in [1.54, 1.807) is 13.5 Å². The Labute approximate surface area is 134 Å². The minimum Gasteiger partial charge on any atom is -0.341 e. The third-order valence-electron chi connectivity index (χ3n) is 4.63. The van der Waals surface area contributed by atoms with Gasteiger partial charge in [0.2, 0.25) is 5.91 Å². The second kappa shape index (κ2) is 7.27. The van der Waals surface area contributed by atoms with Crippen molar-refractivity contribution >= 4 is 16.1 Å². The molecular formula is C15H29N3O3S. The molecule has 128 valence electrons. The van der Waals surface area contributed by atoms with Gasteiger partial charge >= 0.3 is 0 Å². The van der Waals surface area contributed by atoms with E-state index in [-0.39, 0.29) is 17.9 Å². The van der Waals surface area contributed by atoms with Crippen LogP contribution < -0.4 is 0 Å². The van der Waals surface area contributed by atoms with Gasteiger partial charge in [-0.15, -0.1) is 0 Å². The summed E-state index contributed by atoms with van der Waals surface area (Å²) in [6, 6.07) is 0.0791. The fourth-order valence-corrected chi connectivity index (χ4v) is 5.16. The summed E-state index contributed by atoms with van der Waals surface area (Å²) in [5.41, 5.74) is 0. The van der Waals surface area contributed by atoms with Gasteiger partial charge in [0.05, 0.1) is 0 Å². The lowest BCUT2D eigenvalue weighted by Crippen LogP contribution is -2.50. The minimum atomic E-state index is -3.40. The lowest BCUT2D eigenvalue weighted by molar-refractivity contribution is -0.134. The zero-order chi connectivity index (χ0) is 16.3. The van der Waals surface area contributed by atoms with Gasteiger partial charge in [0.1, 0.15) is 0 Å². The molecule has 1 amide bonds. The molecule has 2 aliphatic heterocycles. The number of piperidine rings is 1. The average Bonchev–Trinajstić information content (AvgIpc) is 2.73. The van der Waals surface area contributed by atoms with Crippen LogP contribution in [0.15, 0.2) is 0 Å². The predicted molar refractivity (Wildman–Crippen MR) is 86.5 cm³/mol. The van der Waals surface area contributed by atoms with E-state index in [1.165, 1.54) is 0 Å². The quantitative estimate of drug-likeness (QED) is 0.783. The maximum absolute atomic E-state index is 12.9. The molecule has 1 unspecified atom stereocenters. The van der Waals surface area contributed by atoms with Gasteiger partial charge in [0, 0.05) is 44.7 Å². The van der Waals surface area contributed by atoms with Crippen LogP contribution in [0.1, 0.15) is 46.5 Å². The predicted octanol–water partition coefficient (Wildman–Crippen LogP) is 1.30. The molecule has 2 saturated heterocycles. The number of hydrogen-bond acceptors (Lipinski definition) is 3. The zero-order valence-electron chi connectivity index (χ0n) is 14.0. The Morgan fingerprint density at radius 3 is 2.36 bits per heavy atom. The highest BCUT2D eigenvalue weighted by atomic mass is 32.2. The molecule has 0 radical (unpaired) electrons. The summed E-state index contributed by atoms with van der Waals surface area (Å²) in [6.07, 6.45) is 3.68. The van der Waals surface area contributed by atoms with Crippen molar-refractivity contribution in [3.8, 4) is 0 Å². The maximum atomic E-state index is 12.9. The molecule has 22 heavy (non-hydrogen) atoms. The molecule has 2 fully saturated rings. The van der Waals surface area contributed by atoms with E-state index >= 15 is 0 Å². The van der Waals surface area contributed by atoms with E-state index in [0.717, 1.165) is 19.3 Å². The third-order valence-corrected chi connectivity index (χ3v) is 6.78. The minimum absolute atomic E-state index is 0.0368. The first kappa shape index (κ1) is 17.7. The van der Waals surface area contributed by atoms with Gasteiger partial charge in [-0.1, -0.05) is 20.3 Å². The van der Waals surface area contributed by atoms with Crippen LogP contribution in [0.5, 0.6) is 0 Å². The average molecular weight is 331 g/mol. The second-order valence-electron chi connectivity index (χ2n) is 6.70. The van der Waals surface area contributed by atoms with E-state index in [9.17, 15) is 13.2 Å². The number of rotatable bonds is 3. The van der Waals surface area contributed by atoms with Crippen LogP contribution >= 0.6 is 0 Å². The number of amides is 1. The molecule has 2 rings (SSSR count). The van der Waals surface area contributed by atoms with Gasteiger partial charge in [0.15, 0.2) is 0 Å². The zero-order valence-corrected chi connectivity index (χ0v) is 14.8. The lowest BCUT2D eigenvalue weighted by Gasteiger charge is -2.36. The van der Waals surface area contributed by atoms with Gasteiger partial charge in [-0.25, -0.2) is 0 Å². The highest BCUT2D eigenvalue weighted by Gasteiger charge is 2.35. The Kier molecular flexibility index (Phi) is 5.85. The summed E-state index contributed by atoms with van der Waals surface area (Å²) in [6.45, 7) is 8.44. The van der Waals surface area contributed by atoms with E-state index in [4.69, 9.17) is 0 Å². The van der Waals surface area contributed by atoms with Crippen LogP contribution in [0, 0.1) is 5.92 Å². The largest absolute Gasteiger partial charge is 0.341 e. The van der Waals surface area contributed by atoms with Gasteiger partial charge < -0.3 is 4.90 Å². The summed E-state index contributed by atoms with van der Waals surface area (Å²) in [4.78, 5) is 13.9. The summed E-state index contributed by atoms with van der Waals surface area (Å²) < 4.78 is 28.9. The molecule has 0 aromatic carbocycles. The molecule has 0 aromatic heterocycles. The van der Waals surface area contributed by atoms with Gasteiger partial charge in [-0.05, 0) is 26.2 Å². The standard InChI is InChI=1S/C15H29N3O3S/c1-13(2)15(19)16-8-6-9-17(12-11-16)22(20,21)18-10-5-4-7-14(18)3/h13-14H,4-12H2,1-3H3. The Hall–Kier alpha value is -0.660. The first-order chi connectivity index (χ1) is 10.3. The molecule has 6 nitrogen and oxygen atoms in total. The van der Waals surface area contributed by atoms with Crippen molar-refractivity contribution in [3.63, 3.8) is 0 Å². The first-order valence-corrected chi connectivity index (χ1v) is 9.79. The molecule has 1 atom stereocenters. The van der Waals surface area contributed by atoms with Crippen LogP contribution in [-0.4, -0.2) is 66.6 Å². The highest BCUT2D eigenvalue weighted by molar-refractivity contribution is 7.86. The molecule has 0 spiro atoms. The Morgan fingerprint density at radius 2 is 1.73 bits per heavy atom. The molecule has 0 N–H and O–H groups in total. The molecule has 2 aliphatic rings. The number of carbonyl (C=O) groups excluding carboxylic acids is 1. The van der Waals surface area contributed by atoms with Crippen molar-refractivity contribution in [2.24, 2.45) is 5.92 Å². The van der Waals surface area contributed by atoms with E-state index < -0.39 is 10.2 Å². The molecule has 2 heterocycles. The monoisotopic (exact) mass is 331 g/mol. The summed E-state index contributed by atoms with van der Waals surface area (Å²) in [5, 5.41) is 0. The fourth-order valence-electron chi connectivity index (χ4n) is 3.27. The number of hydrogen-bond donors (Lipinski definition) is 0. The molecule has 7 heteroatoms. The topological polar surface area (TPSA) is 60.9 Å². The number of nitrogens with zero attached hydrogens (tertiary/aromatic N) is 3. The second-order valence-corrected chi connectivity index (χ2v) is 8.58. The van der Waals surface area contributed by atoms with Crippen LogP contribution in [0.2, 0.25) is 0 Å². The molecule has 0 aliphatic carbocycles. The molecule has 0 saturated carbocycles. The van der Waals surface area contributed by atoms with Crippen molar-refractivity contribution < 1.29 is 13.2 Å². The molecular weight excluding hydrogens is 302 g/mol. The van der Waals surface area contributed by atoms with Crippen molar-refractivity contribution in [1.82, 2.24) is 13.5 Å². The summed E-state index contributed by atoms with van der Waals surface area (Å²) in [7, 11) is -3.40.